The molecule has 27 heavy (non-hydrogen) atoms. The minimum atomic E-state index is -0.647. The van der Waals surface area contributed by atoms with Crippen molar-refractivity contribution in [2.45, 2.75) is 25.3 Å². The first-order valence-electron chi connectivity index (χ1n) is 8.67. The van der Waals surface area contributed by atoms with Gasteiger partial charge in [0.2, 0.25) is 5.91 Å². The summed E-state index contributed by atoms with van der Waals surface area (Å²) in [5.74, 6) is -1.30. The van der Waals surface area contributed by atoms with Crippen LogP contribution in [-0.4, -0.2) is 51.4 Å². The van der Waals surface area contributed by atoms with Crippen LogP contribution in [0.1, 0.15) is 18.4 Å². The molecular formula is C19H22N2O6. The van der Waals surface area contributed by atoms with Crippen LogP contribution in [0.5, 0.6) is 0 Å². The summed E-state index contributed by atoms with van der Waals surface area (Å²) in [5, 5.41) is 2.95. The number of nitrogens with one attached hydrogen (secondary N) is 1. The summed E-state index contributed by atoms with van der Waals surface area (Å²) >= 11 is 0. The second kappa shape index (κ2) is 8.22. The summed E-state index contributed by atoms with van der Waals surface area (Å²) in [6, 6.07) is 7.48. The molecule has 0 aromatic heterocycles. The van der Waals surface area contributed by atoms with Crippen LogP contribution in [0.4, 0.5) is 5.69 Å². The highest BCUT2D eigenvalue weighted by atomic mass is 16.5. The number of carbonyl (C=O) groups is 3. The van der Waals surface area contributed by atoms with Gasteiger partial charge in [0.15, 0.2) is 0 Å². The summed E-state index contributed by atoms with van der Waals surface area (Å²) in [7, 11) is 2.49. The molecular weight excluding hydrogens is 352 g/mol. The van der Waals surface area contributed by atoms with Crippen molar-refractivity contribution in [1.29, 1.82) is 0 Å². The highest BCUT2D eigenvalue weighted by Crippen LogP contribution is 2.27. The number of methoxy groups -OCH3 is 2. The van der Waals surface area contributed by atoms with Crippen LogP contribution in [0.2, 0.25) is 0 Å². The number of hydrogen-bond donors (Lipinski definition) is 1. The van der Waals surface area contributed by atoms with E-state index in [1.54, 1.807) is 17.0 Å². The maximum atomic E-state index is 12.3. The van der Waals surface area contributed by atoms with E-state index in [0.717, 1.165) is 18.4 Å². The van der Waals surface area contributed by atoms with Crippen molar-refractivity contribution in [3.05, 3.63) is 41.1 Å². The molecule has 1 N–H and O–H groups in total. The number of benzene rings is 1. The predicted molar refractivity (Wildman–Crippen MR) is 95.7 cm³/mol. The van der Waals surface area contributed by atoms with E-state index in [0.29, 0.717) is 18.2 Å². The van der Waals surface area contributed by atoms with Gasteiger partial charge in [0.05, 0.1) is 32.8 Å². The molecule has 144 valence electrons. The highest BCUT2D eigenvalue weighted by Gasteiger charge is 2.32. The normalized spacial score (nSPS) is 16.7. The minimum absolute atomic E-state index is 0.00493. The molecule has 1 aliphatic carbocycles. The SMILES string of the molecule is COC(=O)C1=C(C(=O)OC)N(c2ccc(CC(=O)NC3CC3)cc2)COC1. The highest BCUT2D eigenvalue weighted by molar-refractivity contribution is 6.03. The molecule has 3 rings (SSSR count). The Morgan fingerprint density at radius 3 is 2.37 bits per heavy atom. The fraction of sp³-hybridized carbons (Fsp3) is 0.421. The van der Waals surface area contributed by atoms with Gasteiger partial charge in [-0.25, -0.2) is 9.59 Å². The van der Waals surface area contributed by atoms with Crippen molar-refractivity contribution >= 4 is 23.5 Å². The molecule has 1 aromatic rings. The Morgan fingerprint density at radius 2 is 1.78 bits per heavy atom. The van der Waals surface area contributed by atoms with Crippen LogP contribution >= 0.6 is 0 Å². The molecule has 1 fully saturated rings. The van der Waals surface area contributed by atoms with Crippen LogP contribution in [0.25, 0.3) is 0 Å². The maximum absolute atomic E-state index is 12.3. The van der Waals surface area contributed by atoms with Crippen molar-refractivity contribution < 1.29 is 28.6 Å². The van der Waals surface area contributed by atoms with E-state index in [9.17, 15) is 14.4 Å². The number of ether oxygens (including phenoxy) is 3. The lowest BCUT2D eigenvalue weighted by molar-refractivity contribution is -0.140. The summed E-state index contributed by atoms with van der Waals surface area (Å²) in [4.78, 5) is 37.7. The molecule has 0 spiro atoms. The van der Waals surface area contributed by atoms with Crippen LogP contribution in [0.15, 0.2) is 35.5 Å². The maximum Gasteiger partial charge on any atom is 0.355 e. The average Bonchev–Trinajstić information content (AvgIpc) is 3.50. The quantitative estimate of drug-likeness (QED) is 0.740. The lowest BCUT2D eigenvalue weighted by Gasteiger charge is -2.31. The van der Waals surface area contributed by atoms with Gasteiger partial charge in [-0.05, 0) is 30.5 Å². The fourth-order valence-corrected chi connectivity index (χ4v) is 2.83. The van der Waals surface area contributed by atoms with Crippen molar-refractivity contribution in [1.82, 2.24) is 5.32 Å². The van der Waals surface area contributed by atoms with E-state index in [4.69, 9.17) is 14.2 Å². The molecule has 2 aliphatic rings. The van der Waals surface area contributed by atoms with Gasteiger partial charge in [-0.1, -0.05) is 12.1 Å². The molecule has 8 heteroatoms. The number of esters is 2. The van der Waals surface area contributed by atoms with E-state index in [-0.39, 0.29) is 30.5 Å². The van der Waals surface area contributed by atoms with Gasteiger partial charge in [0.25, 0.3) is 0 Å². The van der Waals surface area contributed by atoms with Crippen LogP contribution in [0.3, 0.4) is 0 Å². The fourth-order valence-electron chi connectivity index (χ4n) is 2.83. The van der Waals surface area contributed by atoms with E-state index in [1.165, 1.54) is 14.2 Å². The van der Waals surface area contributed by atoms with Crippen LogP contribution in [0, 0.1) is 0 Å². The lowest BCUT2D eigenvalue weighted by atomic mass is 10.1. The molecule has 1 amide bonds. The van der Waals surface area contributed by atoms with E-state index >= 15 is 0 Å². The Bertz CT molecular complexity index is 767. The second-order valence-electron chi connectivity index (χ2n) is 6.40. The molecule has 0 saturated heterocycles. The van der Waals surface area contributed by atoms with Crippen LogP contribution in [-0.2, 0) is 35.0 Å². The largest absolute Gasteiger partial charge is 0.466 e. The standard InChI is InChI=1S/C19H22N2O6/c1-25-18(23)15-10-27-11-21(17(15)19(24)26-2)14-7-3-12(4-8-14)9-16(22)20-13-5-6-13/h3-4,7-8,13H,5-6,9-11H2,1-2H3,(H,20,22). The molecule has 1 heterocycles. The number of anilines is 1. The molecule has 0 radical (unpaired) electrons. The van der Waals surface area contributed by atoms with Gasteiger partial charge < -0.3 is 24.4 Å². The van der Waals surface area contributed by atoms with Crippen molar-refractivity contribution in [2.24, 2.45) is 0 Å². The van der Waals surface area contributed by atoms with Gasteiger partial charge in [-0.15, -0.1) is 0 Å². The first kappa shape index (κ1) is 18.9. The Hall–Kier alpha value is -2.87. The van der Waals surface area contributed by atoms with Crippen molar-refractivity contribution in [3.8, 4) is 0 Å². The predicted octanol–water partition coefficient (Wildman–Crippen LogP) is 0.902. The third-order valence-electron chi connectivity index (χ3n) is 4.39. The molecule has 0 atom stereocenters. The van der Waals surface area contributed by atoms with E-state index in [1.807, 2.05) is 12.1 Å². The van der Waals surface area contributed by atoms with Gasteiger partial charge >= 0.3 is 11.9 Å². The monoisotopic (exact) mass is 374 g/mol. The number of nitrogens with zero attached hydrogens (tertiary/aromatic N) is 1. The molecule has 0 bridgehead atoms. The number of amides is 1. The third kappa shape index (κ3) is 4.46. The van der Waals surface area contributed by atoms with Crippen molar-refractivity contribution in [3.63, 3.8) is 0 Å². The van der Waals surface area contributed by atoms with Gasteiger partial charge in [0.1, 0.15) is 12.4 Å². The Morgan fingerprint density at radius 1 is 1.11 bits per heavy atom. The molecule has 1 aliphatic heterocycles. The smallest absolute Gasteiger partial charge is 0.355 e. The first-order valence-corrected chi connectivity index (χ1v) is 8.67. The second-order valence-corrected chi connectivity index (χ2v) is 6.40. The number of hydrogen-bond acceptors (Lipinski definition) is 7. The van der Waals surface area contributed by atoms with Crippen LogP contribution < -0.4 is 10.2 Å². The Kier molecular flexibility index (Phi) is 5.75. The van der Waals surface area contributed by atoms with E-state index < -0.39 is 11.9 Å². The zero-order valence-corrected chi connectivity index (χ0v) is 15.3. The third-order valence-corrected chi connectivity index (χ3v) is 4.39. The summed E-state index contributed by atoms with van der Waals surface area (Å²) in [5.41, 5.74) is 1.69. The topological polar surface area (TPSA) is 94.2 Å². The molecule has 8 nitrogen and oxygen atoms in total. The zero-order valence-electron chi connectivity index (χ0n) is 15.3. The van der Waals surface area contributed by atoms with Gasteiger partial charge in [-0.2, -0.15) is 0 Å². The summed E-state index contributed by atoms with van der Waals surface area (Å²) in [6.07, 6.45) is 2.38. The number of rotatable bonds is 6. The minimum Gasteiger partial charge on any atom is -0.466 e. The molecule has 0 unspecified atom stereocenters. The van der Waals surface area contributed by atoms with Gasteiger partial charge in [-0.3, -0.25) is 4.79 Å². The number of carbonyl (C=O) groups excluding carboxylic acids is 3. The Balaban J connectivity index is 1.81. The van der Waals surface area contributed by atoms with Crippen molar-refractivity contribution in [2.75, 3.05) is 32.5 Å². The zero-order chi connectivity index (χ0) is 19.4. The lowest BCUT2D eigenvalue weighted by Crippen LogP contribution is -2.38. The van der Waals surface area contributed by atoms with Gasteiger partial charge in [0, 0.05) is 11.7 Å². The first-order chi connectivity index (χ1) is 13.0. The molecule has 1 saturated carbocycles. The summed E-state index contributed by atoms with van der Waals surface area (Å²) in [6.45, 7) is 0.0550. The molecule has 1 aromatic carbocycles. The average molecular weight is 374 g/mol. The Labute approximate surface area is 157 Å². The van der Waals surface area contributed by atoms with E-state index in [2.05, 4.69) is 5.32 Å². The summed E-state index contributed by atoms with van der Waals surface area (Å²) < 4.78 is 15.0.